The number of aliphatic hydroxyl groups excluding tert-OH is 1. The lowest BCUT2D eigenvalue weighted by molar-refractivity contribution is 0.0724. The number of sulfonamides is 1. The van der Waals surface area contributed by atoms with Gasteiger partial charge in [-0.15, -0.1) is 0 Å². The normalized spacial score (nSPS) is 23.5. The molecule has 5 nitrogen and oxygen atoms in total. The van der Waals surface area contributed by atoms with E-state index in [1.165, 1.54) is 19.2 Å². The number of benzene rings is 1. The van der Waals surface area contributed by atoms with Crippen LogP contribution in [0.3, 0.4) is 0 Å². The highest BCUT2D eigenvalue weighted by atomic mass is 32.2. The van der Waals surface area contributed by atoms with Crippen LogP contribution in [0.4, 0.5) is 0 Å². The van der Waals surface area contributed by atoms with Crippen LogP contribution in [0.2, 0.25) is 0 Å². The van der Waals surface area contributed by atoms with Crippen LogP contribution < -0.4 is 9.46 Å². The summed E-state index contributed by atoms with van der Waals surface area (Å²) in [5.74, 6) is 0.628. The fourth-order valence-corrected chi connectivity index (χ4v) is 3.58. The molecule has 0 heterocycles. The second-order valence-electron chi connectivity index (χ2n) is 5.14. The molecule has 6 heteroatoms. The Morgan fingerprint density at radius 2 is 1.90 bits per heavy atom. The van der Waals surface area contributed by atoms with Crippen molar-refractivity contribution in [2.75, 3.05) is 13.7 Å². The van der Waals surface area contributed by atoms with Crippen LogP contribution in [0.1, 0.15) is 25.7 Å². The van der Waals surface area contributed by atoms with E-state index in [1.54, 1.807) is 12.1 Å². The van der Waals surface area contributed by atoms with Crippen LogP contribution in [0.5, 0.6) is 5.75 Å². The molecule has 0 bridgehead atoms. The smallest absolute Gasteiger partial charge is 0.240 e. The first-order chi connectivity index (χ1) is 9.53. The van der Waals surface area contributed by atoms with E-state index in [4.69, 9.17) is 4.74 Å². The Balaban J connectivity index is 1.99. The maximum Gasteiger partial charge on any atom is 0.240 e. The van der Waals surface area contributed by atoms with E-state index in [2.05, 4.69) is 4.72 Å². The van der Waals surface area contributed by atoms with Crippen LogP contribution in [0, 0.1) is 5.92 Å². The third-order valence-electron chi connectivity index (χ3n) is 3.77. The molecule has 0 spiro atoms. The van der Waals surface area contributed by atoms with Gasteiger partial charge < -0.3 is 9.84 Å². The first-order valence-corrected chi connectivity index (χ1v) is 8.33. The second-order valence-corrected chi connectivity index (χ2v) is 6.91. The van der Waals surface area contributed by atoms with E-state index in [9.17, 15) is 13.5 Å². The molecule has 0 saturated heterocycles. The topological polar surface area (TPSA) is 75.6 Å². The lowest BCUT2D eigenvalue weighted by Gasteiger charge is -2.27. The van der Waals surface area contributed by atoms with E-state index in [0.29, 0.717) is 5.75 Å². The molecule has 1 aliphatic carbocycles. The summed E-state index contributed by atoms with van der Waals surface area (Å²) in [7, 11) is -1.99. The third-order valence-corrected chi connectivity index (χ3v) is 5.21. The van der Waals surface area contributed by atoms with E-state index < -0.39 is 16.1 Å². The average molecular weight is 299 g/mol. The maximum absolute atomic E-state index is 12.1. The van der Waals surface area contributed by atoms with Crippen molar-refractivity contribution < 1.29 is 18.3 Å². The minimum Gasteiger partial charge on any atom is -0.497 e. The van der Waals surface area contributed by atoms with Gasteiger partial charge >= 0.3 is 0 Å². The number of ether oxygens (including phenoxy) is 1. The molecular weight excluding hydrogens is 278 g/mol. The predicted octanol–water partition coefficient (Wildman–Crippen LogP) is 1.52. The van der Waals surface area contributed by atoms with Gasteiger partial charge in [0.15, 0.2) is 0 Å². The lowest BCUT2D eigenvalue weighted by atomic mass is 9.87. The molecule has 1 aliphatic rings. The summed E-state index contributed by atoms with van der Waals surface area (Å²) in [6.07, 6.45) is 3.29. The van der Waals surface area contributed by atoms with Crippen molar-refractivity contribution in [1.82, 2.24) is 4.72 Å². The van der Waals surface area contributed by atoms with Gasteiger partial charge in [0.1, 0.15) is 5.75 Å². The third kappa shape index (κ3) is 3.71. The predicted molar refractivity (Wildman–Crippen MR) is 76.1 cm³/mol. The summed E-state index contributed by atoms with van der Waals surface area (Å²) >= 11 is 0. The monoisotopic (exact) mass is 299 g/mol. The molecule has 0 aliphatic heterocycles. The number of hydrogen-bond donors (Lipinski definition) is 2. The quantitative estimate of drug-likeness (QED) is 0.864. The van der Waals surface area contributed by atoms with Gasteiger partial charge in [-0.25, -0.2) is 13.1 Å². The number of aliphatic hydroxyl groups is 1. The van der Waals surface area contributed by atoms with Gasteiger partial charge in [0.2, 0.25) is 10.0 Å². The number of rotatable bonds is 5. The summed E-state index contributed by atoms with van der Waals surface area (Å²) in [4.78, 5) is 0.212. The highest BCUT2D eigenvalue weighted by molar-refractivity contribution is 7.89. The van der Waals surface area contributed by atoms with Gasteiger partial charge in [0, 0.05) is 6.54 Å². The van der Waals surface area contributed by atoms with Gasteiger partial charge in [-0.3, -0.25) is 0 Å². The van der Waals surface area contributed by atoms with Crippen molar-refractivity contribution in [2.45, 2.75) is 36.7 Å². The minimum atomic E-state index is -3.52. The molecule has 1 saturated carbocycles. The fourth-order valence-electron chi connectivity index (χ4n) is 2.48. The molecule has 2 rings (SSSR count). The first-order valence-electron chi connectivity index (χ1n) is 6.85. The zero-order valence-electron chi connectivity index (χ0n) is 11.6. The number of hydrogen-bond acceptors (Lipinski definition) is 4. The summed E-state index contributed by atoms with van der Waals surface area (Å²) in [6, 6.07) is 6.25. The van der Waals surface area contributed by atoms with E-state index >= 15 is 0 Å². The summed E-state index contributed by atoms with van der Waals surface area (Å²) in [5, 5.41) is 9.85. The van der Waals surface area contributed by atoms with Crippen molar-refractivity contribution in [3.8, 4) is 5.75 Å². The molecule has 1 fully saturated rings. The molecule has 112 valence electrons. The highest BCUT2D eigenvalue weighted by Crippen LogP contribution is 2.24. The SMILES string of the molecule is COc1ccc(S(=O)(=O)NCC2CCCCC2O)cc1. The molecule has 1 aromatic rings. The van der Waals surface area contributed by atoms with Gasteiger partial charge in [0.25, 0.3) is 0 Å². The van der Waals surface area contributed by atoms with Crippen molar-refractivity contribution in [1.29, 1.82) is 0 Å². The Kier molecular flexibility index (Phi) is 5.01. The first kappa shape index (κ1) is 15.3. The Bertz CT molecular complexity index is 527. The Morgan fingerprint density at radius 3 is 2.50 bits per heavy atom. The maximum atomic E-state index is 12.1. The summed E-state index contributed by atoms with van der Waals surface area (Å²) < 4.78 is 31.9. The van der Waals surface area contributed by atoms with Crippen LogP contribution in [0.15, 0.2) is 29.2 Å². The van der Waals surface area contributed by atoms with Crippen LogP contribution in [0.25, 0.3) is 0 Å². The largest absolute Gasteiger partial charge is 0.497 e. The standard InChI is InChI=1S/C14H21NO4S/c1-19-12-6-8-13(9-7-12)20(17,18)15-10-11-4-2-3-5-14(11)16/h6-9,11,14-16H,2-5,10H2,1H3. The van der Waals surface area contributed by atoms with Gasteiger partial charge in [-0.05, 0) is 43.0 Å². The average Bonchev–Trinajstić information content (AvgIpc) is 2.46. The van der Waals surface area contributed by atoms with Crippen molar-refractivity contribution >= 4 is 10.0 Å². The molecular formula is C14H21NO4S. The fraction of sp³-hybridized carbons (Fsp3) is 0.571. The zero-order chi connectivity index (χ0) is 14.6. The molecule has 1 aromatic carbocycles. The Labute approximate surface area is 120 Å². The van der Waals surface area contributed by atoms with Crippen molar-refractivity contribution in [3.63, 3.8) is 0 Å². The van der Waals surface area contributed by atoms with Crippen molar-refractivity contribution in [2.24, 2.45) is 5.92 Å². The molecule has 2 atom stereocenters. The van der Waals surface area contributed by atoms with Crippen LogP contribution in [-0.4, -0.2) is 33.3 Å². The summed E-state index contributed by atoms with van der Waals surface area (Å²) in [5.41, 5.74) is 0. The molecule has 0 radical (unpaired) electrons. The van der Waals surface area contributed by atoms with E-state index in [0.717, 1.165) is 25.7 Å². The van der Waals surface area contributed by atoms with E-state index in [-0.39, 0.29) is 17.4 Å². The lowest BCUT2D eigenvalue weighted by Crippen LogP contribution is -2.36. The van der Waals surface area contributed by atoms with Gasteiger partial charge in [-0.2, -0.15) is 0 Å². The second kappa shape index (κ2) is 6.56. The van der Waals surface area contributed by atoms with Crippen LogP contribution in [-0.2, 0) is 10.0 Å². The highest BCUT2D eigenvalue weighted by Gasteiger charge is 2.25. The molecule has 0 amide bonds. The minimum absolute atomic E-state index is 0.0109. The zero-order valence-corrected chi connectivity index (χ0v) is 12.4. The Morgan fingerprint density at radius 1 is 1.25 bits per heavy atom. The molecule has 2 N–H and O–H groups in total. The molecule has 2 unspecified atom stereocenters. The van der Waals surface area contributed by atoms with E-state index in [1.807, 2.05) is 0 Å². The van der Waals surface area contributed by atoms with Crippen molar-refractivity contribution in [3.05, 3.63) is 24.3 Å². The summed E-state index contributed by atoms with van der Waals surface area (Å²) in [6.45, 7) is 0.287. The Hall–Kier alpha value is -1.11. The van der Waals surface area contributed by atoms with Gasteiger partial charge in [-0.1, -0.05) is 12.8 Å². The van der Waals surface area contributed by atoms with Gasteiger partial charge in [0.05, 0.1) is 18.1 Å². The molecule has 0 aromatic heterocycles. The van der Waals surface area contributed by atoms with Crippen LogP contribution >= 0.6 is 0 Å². The number of nitrogens with one attached hydrogen (secondary N) is 1. The number of methoxy groups -OCH3 is 1. The molecule has 20 heavy (non-hydrogen) atoms.